The maximum absolute atomic E-state index is 12.7. The molecule has 0 radical (unpaired) electrons. The maximum atomic E-state index is 12.7. The van der Waals surface area contributed by atoms with Crippen molar-refractivity contribution in [1.82, 2.24) is 19.6 Å². The topological polar surface area (TPSA) is 41.4 Å². The molecule has 2 aliphatic heterocycles. The van der Waals surface area contributed by atoms with Gasteiger partial charge in [-0.05, 0) is 59.2 Å². The number of nitrogens with zero attached hydrogens (tertiary/aromatic N) is 4. The van der Waals surface area contributed by atoms with Crippen LogP contribution in [-0.4, -0.2) is 57.7 Å². The first kappa shape index (κ1) is 15.5. The summed E-state index contributed by atoms with van der Waals surface area (Å²) < 4.78 is 1.96. The summed E-state index contributed by atoms with van der Waals surface area (Å²) in [6.45, 7) is 6.86. The molecule has 0 saturated carbocycles. The van der Waals surface area contributed by atoms with Crippen molar-refractivity contribution in [3.05, 3.63) is 17.5 Å². The van der Waals surface area contributed by atoms with E-state index >= 15 is 0 Å². The molecule has 2 atom stereocenters. The van der Waals surface area contributed by atoms with Crippen LogP contribution < -0.4 is 0 Å². The van der Waals surface area contributed by atoms with Crippen LogP contribution in [0.5, 0.6) is 0 Å². The van der Waals surface area contributed by atoms with Crippen molar-refractivity contribution in [3.63, 3.8) is 0 Å². The molecule has 0 spiro atoms. The third kappa shape index (κ3) is 3.05. The molecule has 5 nitrogen and oxygen atoms in total. The molecular formula is C17H28N4O. The summed E-state index contributed by atoms with van der Waals surface area (Å²) in [6, 6.07) is 3.07. The van der Waals surface area contributed by atoms with Gasteiger partial charge < -0.3 is 9.80 Å². The molecule has 0 N–H and O–H groups in total. The van der Waals surface area contributed by atoms with Gasteiger partial charge in [0.1, 0.15) is 0 Å². The Morgan fingerprint density at radius 1 is 1.23 bits per heavy atom. The molecule has 0 aliphatic carbocycles. The van der Waals surface area contributed by atoms with Gasteiger partial charge in [-0.3, -0.25) is 9.48 Å². The van der Waals surface area contributed by atoms with E-state index < -0.39 is 0 Å². The summed E-state index contributed by atoms with van der Waals surface area (Å²) in [7, 11) is 2.20. The van der Waals surface area contributed by atoms with E-state index in [1.165, 1.54) is 25.8 Å². The van der Waals surface area contributed by atoms with Crippen LogP contribution in [0.3, 0.4) is 0 Å². The Morgan fingerprint density at radius 2 is 1.95 bits per heavy atom. The Labute approximate surface area is 133 Å². The lowest BCUT2D eigenvalue weighted by Crippen LogP contribution is -2.47. The van der Waals surface area contributed by atoms with Gasteiger partial charge in [0.25, 0.3) is 0 Å². The first-order valence-corrected chi connectivity index (χ1v) is 8.57. The summed E-state index contributed by atoms with van der Waals surface area (Å²) in [4.78, 5) is 17.3. The number of carbonyl (C=O) groups excluding carboxylic acids is 1. The highest BCUT2D eigenvalue weighted by atomic mass is 16.2. The minimum Gasteiger partial charge on any atom is -0.338 e. The van der Waals surface area contributed by atoms with E-state index in [1.807, 2.05) is 11.6 Å². The number of aryl methyl sites for hydroxylation is 3. The average molecular weight is 304 g/mol. The third-order valence-electron chi connectivity index (χ3n) is 5.28. The molecule has 3 heterocycles. The SMILES string of the molecule is Cc1cc(C)n(CCC(=O)N2CCC[C@@H]2[C@H]2CCCN2C)n1. The first-order valence-electron chi connectivity index (χ1n) is 8.57. The molecule has 0 unspecified atom stereocenters. The standard InChI is InChI=1S/C17H28N4O/c1-13-12-14(2)21(18-13)11-8-17(22)20-10-5-7-16(20)15-6-4-9-19(15)3/h12,15-16H,4-11H2,1-3H3/t15-,16-/m1/s1. The molecule has 122 valence electrons. The van der Waals surface area contributed by atoms with Crippen molar-refractivity contribution in [2.24, 2.45) is 0 Å². The molecule has 22 heavy (non-hydrogen) atoms. The largest absolute Gasteiger partial charge is 0.338 e. The minimum atomic E-state index is 0.301. The summed E-state index contributed by atoms with van der Waals surface area (Å²) in [5.74, 6) is 0.301. The van der Waals surface area contributed by atoms with E-state index in [4.69, 9.17) is 0 Å². The van der Waals surface area contributed by atoms with Gasteiger partial charge >= 0.3 is 0 Å². The van der Waals surface area contributed by atoms with Crippen LogP contribution in [0.2, 0.25) is 0 Å². The van der Waals surface area contributed by atoms with Gasteiger partial charge in [0.15, 0.2) is 0 Å². The van der Waals surface area contributed by atoms with Crippen molar-refractivity contribution < 1.29 is 4.79 Å². The summed E-state index contributed by atoms with van der Waals surface area (Å²) in [5.41, 5.74) is 2.16. The molecule has 2 fully saturated rings. The van der Waals surface area contributed by atoms with Gasteiger partial charge in [0.05, 0.1) is 5.69 Å². The van der Waals surface area contributed by atoms with Crippen LogP contribution in [0.1, 0.15) is 43.5 Å². The average Bonchev–Trinajstić information content (AvgIpc) is 3.16. The zero-order valence-corrected chi connectivity index (χ0v) is 14.1. The number of likely N-dealkylation sites (tertiary alicyclic amines) is 2. The van der Waals surface area contributed by atoms with Crippen LogP contribution in [0, 0.1) is 13.8 Å². The fourth-order valence-electron chi connectivity index (χ4n) is 4.17. The smallest absolute Gasteiger partial charge is 0.224 e. The highest BCUT2D eigenvalue weighted by Crippen LogP contribution is 2.29. The molecule has 5 heteroatoms. The van der Waals surface area contributed by atoms with Crippen molar-refractivity contribution in [2.45, 2.75) is 64.6 Å². The Balaban J connectivity index is 1.60. The number of amides is 1. The monoisotopic (exact) mass is 304 g/mol. The van der Waals surface area contributed by atoms with Gasteiger partial charge in [-0.2, -0.15) is 5.10 Å². The number of carbonyl (C=O) groups is 1. The molecule has 1 aromatic rings. The van der Waals surface area contributed by atoms with Gasteiger partial charge in [-0.15, -0.1) is 0 Å². The van der Waals surface area contributed by atoms with E-state index in [9.17, 15) is 4.79 Å². The predicted molar refractivity (Wildman–Crippen MR) is 86.7 cm³/mol. The minimum absolute atomic E-state index is 0.301. The number of hydrogen-bond donors (Lipinski definition) is 0. The van der Waals surface area contributed by atoms with Crippen molar-refractivity contribution >= 4 is 5.91 Å². The van der Waals surface area contributed by atoms with Crippen LogP contribution in [0.25, 0.3) is 0 Å². The van der Waals surface area contributed by atoms with Crippen LogP contribution >= 0.6 is 0 Å². The lowest BCUT2D eigenvalue weighted by molar-refractivity contribution is -0.133. The molecule has 1 amide bonds. The first-order chi connectivity index (χ1) is 10.6. The highest BCUT2D eigenvalue weighted by molar-refractivity contribution is 5.76. The number of likely N-dealkylation sites (N-methyl/N-ethyl adjacent to an activating group) is 1. The zero-order valence-electron chi connectivity index (χ0n) is 14.1. The van der Waals surface area contributed by atoms with E-state index in [0.717, 1.165) is 24.4 Å². The summed E-state index contributed by atoms with van der Waals surface area (Å²) in [5, 5.41) is 4.46. The van der Waals surface area contributed by atoms with Gasteiger partial charge in [-0.1, -0.05) is 0 Å². The van der Waals surface area contributed by atoms with Gasteiger partial charge in [0.2, 0.25) is 5.91 Å². The zero-order chi connectivity index (χ0) is 15.7. The number of rotatable bonds is 4. The van der Waals surface area contributed by atoms with E-state index in [-0.39, 0.29) is 0 Å². The molecular weight excluding hydrogens is 276 g/mol. The van der Waals surface area contributed by atoms with Crippen LogP contribution in [0.15, 0.2) is 6.07 Å². The molecule has 2 aliphatic rings. The molecule has 3 rings (SSSR count). The van der Waals surface area contributed by atoms with E-state index in [1.54, 1.807) is 0 Å². The Bertz CT molecular complexity index is 539. The molecule has 0 bridgehead atoms. The van der Waals surface area contributed by atoms with E-state index in [0.29, 0.717) is 31.0 Å². The van der Waals surface area contributed by atoms with Crippen molar-refractivity contribution in [3.8, 4) is 0 Å². The van der Waals surface area contributed by atoms with E-state index in [2.05, 4.69) is 34.9 Å². The molecule has 0 aromatic carbocycles. The third-order valence-corrected chi connectivity index (χ3v) is 5.28. The van der Waals surface area contributed by atoms with Crippen molar-refractivity contribution in [1.29, 1.82) is 0 Å². The fraction of sp³-hybridized carbons (Fsp3) is 0.765. The Kier molecular flexibility index (Phi) is 4.52. The summed E-state index contributed by atoms with van der Waals surface area (Å²) >= 11 is 0. The second-order valence-electron chi connectivity index (χ2n) is 6.89. The fourth-order valence-corrected chi connectivity index (χ4v) is 4.17. The van der Waals surface area contributed by atoms with Gasteiger partial charge in [-0.25, -0.2) is 0 Å². The Hall–Kier alpha value is -1.36. The van der Waals surface area contributed by atoms with Crippen molar-refractivity contribution in [2.75, 3.05) is 20.1 Å². The quantitative estimate of drug-likeness (QED) is 0.854. The Morgan fingerprint density at radius 3 is 2.59 bits per heavy atom. The second kappa shape index (κ2) is 6.41. The number of hydrogen-bond acceptors (Lipinski definition) is 3. The molecule has 2 saturated heterocycles. The lowest BCUT2D eigenvalue weighted by atomic mass is 10.0. The highest BCUT2D eigenvalue weighted by Gasteiger charge is 2.38. The molecule has 1 aromatic heterocycles. The number of aromatic nitrogens is 2. The normalized spacial score (nSPS) is 26.0. The summed E-state index contributed by atoms with van der Waals surface area (Å²) in [6.07, 6.45) is 5.39. The van der Waals surface area contributed by atoms with Crippen LogP contribution in [-0.2, 0) is 11.3 Å². The maximum Gasteiger partial charge on any atom is 0.224 e. The lowest BCUT2D eigenvalue weighted by Gasteiger charge is -2.33. The van der Waals surface area contributed by atoms with Crippen LogP contribution in [0.4, 0.5) is 0 Å². The van der Waals surface area contributed by atoms with Gasteiger partial charge in [0, 0.05) is 37.3 Å². The second-order valence-corrected chi connectivity index (χ2v) is 6.89. The predicted octanol–water partition coefficient (Wildman–Crippen LogP) is 1.98.